The lowest BCUT2D eigenvalue weighted by Gasteiger charge is -2.16. The number of carboxylic acid groups (broad SMARTS) is 1. The lowest BCUT2D eigenvalue weighted by molar-refractivity contribution is -0.143. The van der Waals surface area contributed by atoms with E-state index in [-0.39, 0.29) is 18.3 Å². The van der Waals surface area contributed by atoms with Crippen LogP contribution in [0, 0.1) is 0 Å². The Bertz CT molecular complexity index is 335. The summed E-state index contributed by atoms with van der Waals surface area (Å²) in [5, 5.41) is 17.9. The second kappa shape index (κ2) is 7.76. The average Bonchev–Trinajstić information content (AvgIpc) is 2.60. The van der Waals surface area contributed by atoms with Crippen molar-refractivity contribution in [3.05, 3.63) is 12.2 Å². The molecule has 5 nitrogen and oxygen atoms in total. The van der Waals surface area contributed by atoms with E-state index in [0.29, 0.717) is 0 Å². The Morgan fingerprint density at radius 1 is 1.30 bits per heavy atom. The van der Waals surface area contributed by atoms with Gasteiger partial charge in [0.05, 0.1) is 12.2 Å². The molecule has 1 rings (SSSR count). The second-order valence-electron chi connectivity index (χ2n) is 5.82. The molecule has 0 radical (unpaired) electrons. The summed E-state index contributed by atoms with van der Waals surface area (Å²) in [4.78, 5) is 10.6. The predicted molar refractivity (Wildman–Crippen MR) is 75.4 cm³/mol. The van der Waals surface area contributed by atoms with Crippen LogP contribution in [0.4, 0.5) is 0 Å². The Morgan fingerprint density at radius 2 is 2.00 bits per heavy atom. The van der Waals surface area contributed by atoms with Crippen molar-refractivity contribution in [1.82, 2.24) is 0 Å². The largest absolute Gasteiger partial charge is 0.478 e. The summed E-state index contributed by atoms with van der Waals surface area (Å²) in [6, 6.07) is 0. The molecule has 2 N–H and O–H groups in total. The Morgan fingerprint density at radius 3 is 2.60 bits per heavy atom. The highest BCUT2D eigenvalue weighted by Crippen LogP contribution is 2.31. The van der Waals surface area contributed by atoms with Crippen LogP contribution in [0.15, 0.2) is 12.2 Å². The van der Waals surface area contributed by atoms with Gasteiger partial charge in [0.1, 0.15) is 6.10 Å². The molecule has 1 heterocycles. The third-order valence-electron chi connectivity index (χ3n) is 3.26. The Labute approximate surface area is 120 Å². The molecule has 0 aromatic heterocycles. The fraction of sp³-hybridized carbons (Fsp3) is 0.800. The second-order valence-corrected chi connectivity index (χ2v) is 5.82. The first-order valence-electron chi connectivity index (χ1n) is 7.25. The highest BCUT2D eigenvalue weighted by atomic mass is 16.7. The third-order valence-corrected chi connectivity index (χ3v) is 3.26. The van der Waals surface area contributed by atoms with Crippen LogP contribution in [-0.2, 0) is 14.3 Å². The van der Waals surface area contributed by atoms with Gasteiger partial charge in [-0.2, -0.15) is 0 Å². The van der Waals surface area contributed by atoms with Gasteiger partial charge in [0.25, 0.3) is 0 Å². The van der Waals surface area contributed by atoms with Crippen LogP contribution in [0.3, 0.4) is 0 Å². The van der Waals surface area contributed by atoms with Crippen molar-refractivity contribution in [1.29, 1.82) is 0 Å². The summed E-state index contributed by atoms with van der Waals surface area (Å²) >= 11 is 0. The van der Waals surface area contributed by atoms with E-state index in [0.717, 1.165) is 38.2 Å². The minimum absolute atomic E-state index is 0.104. The van der Waals surface area contributed by atoms with E-state index in [1.54, 1.807) is 13.0 Å². The Hall–Kier alpha value is -0.910. The zero-order valence-corrected chi connectivity index (χ0v) is 12.5. The van der Waals surface area contributed by atoms with Gasteiger partial charge in [0.15, 0.2) is 5.79 Å². The summed E-state index contributed by atoms with van der Waals surface area (Å²) in [6.07, 6.45) is 6.65. The fourth-order valence-corrected chi connectivity index (χ4v) is 2.39. The van der Waals surface area contributed by atoms with Crippen molar-refractivity contribution in [2.24, 2.45) is 0 Å². The van der Waals surface area contributed by atoms with Crippen LogP contribution in [0.5, 0.6) is 0 Å². The SMILES string of the molecule is C[C@@H](O)CCCCC[C@@H]1OC(C)(C)O[C@@H]1/C=C/C(=O)O. The molecular weight excluding hydrogens is 260 g/mol. The molecule has 3 atom stereocenters. The van der Waals surface area contributed by atoms with Crippen LogP contribution in [0.25, 0.3) is 0 Å². The summed E-state index contributed by atoms with van der Waals surface area (Å²) < 4.78 is 11.5. The molecular formula is C15H26O5. The molecule has 1 aliphatic rings. The molecule has 1 fully saturated rings. The number of ether oxygens (including phenoxy) is 2. The Kier molecular flexibility index (Phi) is 6.65. The van der Waals surface area contributed by atoms with Crippen molar-refractivity contribution >= 4 is 5.97 Å². The van der Waals surface area contributed by atoms with E-state index in [2.05, 4.69) is 0 Å². The van der Waals surface area contributed by atoms with Crippen molar-refractivity contribution in [2.45, 2.75) is 77.0 Å². The van der Waals surface area contributed by atoms with E-state index in [1.165, 1.54) is 0 Å². The number of hydrogen-bond acceptors (Lipinski definition) is 4. The highest BCUT2D eigenvalue weighted by molar-refractivity contribution is 5.79. The summed E-state index contributed by atoms with van der Waals surface area (Å²) in [5.41, 5.74) is 0. The standard InChI is InChI=1S/C15H26O5/c1-11(16)7-5-4-6-8-12-13(9-10-14(17)18)20-15(2,3)19-12/h9-13,16H,4-8H2,1-3H3,(H,17,18)/b10-9+/t11-,12+,13-/m1/s1. The third kappa shape index (κ3) is 6.50. The molecule has 0 spiro atoms. The maximum absolute atomic E-state index is 10.6. The maximum Gasteiger partial charge on any atom is 0.328 e. The first-order valence-corrected chi connectivity index (χ1v) is 7.25. The fourth-order valence-electron chi connectivity index (χ4n) is 2.39. The number of rotatable bonds is 8. The number of hydrogen-bond donors (Lipinski definition) is 2. The summed E-state index contributed by atoms with van der Waals surface area (Å²) in [5.74, 6) is -1.65. The smallest absolute Gasteiger partial charge is 0.328 e. The molecule has 1 saturated heterocycles. The zero-order chi connectivity index (χ0) is 15.2. The number of aliphatic carboxylic acids is 1. The van der Waals surface area contributed by atoms with Gasteiger partial charge in [-0.3, -0.25) is 0 Å². The molecule has 1 aliphatic heterocycles. The van der Waals surface area contributed by atoms with Gasteiger partial charge in [-0.1, -0.05) is 19.3 Å². The minimum atomic E-state index is -0.978. The van der Waals surface area contributed by atoms with Crippen molar-refractivity contribution < 1.29 is 24.5 Å². The van der Waals surface area contributed by atoms with Crippen molar-refractivity contribution in [3.8, 4) is 0 Å². The molecule has 5 heteroatoms. The van der Waals surface area contributed by atoms with Gasteiger partial charge in [-0.25, -0.2) is 4.79 Å². The van der Waals surface area contributed by atoms with Gasteiger partial charge in [-0.15, -0.1) is 0 Å². The van der Waals surface area contributed by atoms with E-state index in [9.17, 15) is 9.90 Å². The van der Waals surface area contributed by atoms with Crippen LogP contribution in [0.2, 0.25) is 0 Å². The zero-order valence-electron chi connectivity index (χ0n) is 12.5. The molecule has 0 aromatic rings. The Balaban J connectivity index is 2.38. The van der Waals surface area contributed by atoms with Gasteiger partial charge >= 0.3 is 5.97 Å². The number of aliphatic hydroxyl groups excluding tert-OH is 1. The van der Waals surface area contributed by atoms with E-state index >= 15 is 0 Å². The van der Waals surface area contributed by atoms with Crippen LogP contribution in [-0.4, -0.2) is 40.3 Å². The van der Waals surface area contributed by atoms with Crippen molar-refractivity contribution in [3.63, 3.8) is 0 Å². The van der Waals surface area contributed by atoms with Gasteiger partial charge in [-0.05, 0) is 39.7 Å². The lowest BCUT2D eigenvalue weighted by Crippen LogP contribution is -2.21. The van der Waals surface area contributed by atoms with Gasteiger partial charge < -0.3 is 19.7 Å². The van der Waals surface area contributed by atoms with E-state index < -0.39 is 11.8 Å². The van der Waals surface area contributed by atoms with Crippen LogP contribution >= 0.6 is 0 Å². The first-order chi connectivity index (χ1) is 9.30. The molecule has 116 valence electrons. The summed E-state index contributed by atoms with van der Waals surface area (Å²) in [7, 11) is 0. The summed E-state index contributed by atoms with van der Waals surface area (Å²) in [6.45, 7) is 5.47. The first kappa shape index (κ1) is 17.1. The molecule has 0 saturated carbocycles. The van der Waals surface area contributed by atoms with Crippen LogP contribution in [0.1, 0.15) is 52.9 Å². The molecule has 0 aliphatic carbocycles. The quantitative estimate of drug-likeness (QED) is 0.529. The number of unbranched alkanes of at least 4 members (excludes halogenated alkanes) is 2. The lowest BCUT2D eigenvalue weighted by atomic mass is 10.0. The van der Waals surface area contributed by atoms with E-state index in [1.807, 2.05) is 13.8 Å². The molecule has 20 heavy (non-hydrogen) atoms. The number of carbonyl (C=O) groups is 1. The number of carboxylic acids is 1. The highest BCUT2D eigenvalue weighted by Gasteiger charge is 2.39. The average molecular weight is 286 g/mol. The van der Waals surface area contributed by atoms with Crippen LogP contribution < -0.4 is 0 Å². The van der Waals surface area contributed by atoms with E-state index in [4.69, 9.17) is 14.6 Å². The molecule has 0 amide bonds. The molecule has 0 aromatic carbocycles. The normalized spacial score (nSPS) is 27.0. The van der Waals surface area contributed by atoms with Gasteiger partial charge in [0.2, 0.25) is 0 Å². The maximum atomic E-state index is 10.6. The topological polar surface area (TPSA) is 76.0 Å². The van der Waals surface area contributed by atoms with Gasteiger partial charge in [0, 0.05) is 6.08 Å². The van der Waals surface area contributed by atoms with Crippen molar-refractivity contribution in [2.75, 3.05) is 0 Å². The predicted octanol–water partition coefficient (Wildman–Crippen LogP) is 2.48. The molecule has 0 unspecified atom stereocenters. The minimum Gasteiger partial charge on any atom is -0.478 e. The number of aliphatic hydroxyl groups is 1. The molecule has 0 bridgehead atoms. The monoisotopic (exact) mass is 286 g/mol.